The standard InChI is InChI=1S/C14H24N2/c1-5-10-16(11(2)3)14-8-6-13(7-9-14)12(4)15/h6-9,11-12H,5,10,15H2,1-4H3/t12-/m1/s1. The van der Waals surface area contributed by atoms with Gasteiger partial charge in [-0.25, -0.2) is 0 Å². The molecule has 90 valence electrons. The average Bonchev–Trinajstić information content (AvgIpc) is 2.25. The minimum Gasteiger partial charge on any atom is -0.369 e. The Balaban J connectivity index is 2.85. The van der Waals surface area contributed by atoms with Crippen LogP contribution in [-0.4, -0.2) is 12.6 Å². The van der Waals surface area contributed by atoms with Crippen LogP contribution in [-0.2, 0) is 0 Å². The zero-order valence-electron chi connectivity index (χ0n) is 10.9. The SMILES string of the molecule is CCCN(c1ccc([C@@H](C)N)cc1)C(C)C. The third kappa shape index (κ3) is 3.24. The van der Waals surface area contributed by atoms with Gasteiger partial charge in [0.1, 0.15) is 0 Å². The molecule has 0 aromatic heterocycles. The molecule has 2 heteroatoms. The van der Waals surface area contributed by atoms with E-state index in [0.717, 1.165) is 6.54 Å². The smallest absolute Gasteiger partial charge is 0.0368 e. The molecule has 0 aliphatic rings. The number of benzene rings is 1. The Morgan fingerprint density at radius 1 is 1.12 bits per heavy atom. The van der Waals surface area contributed by atoms with Gasteiger partial charge in [-0.1, -0.05) is 19.1 Å². The highest BCUT2D eigenvalue weighted by molar-refractivity contribution is 5.48. The Bertz CT molecular complexity index is 301. The number of hydrogen-bond acceptors (Lipinski definition) is 2. The highest BCUT2D eigenvalue weighted by Crippen LogP contribution is 2.20. The second kappa shape index (κ2) is 5.90. The van der Waals surface area contributed by atoms with Crippen molar-refractivity contribution in [2.45, 2.75) is 46.2 Å². The van der Waals surface area contributed by atoms with Crippen LogP contribution in [0, 0.1) is 0 Å². The van der Waals surface area contributed by atoms with Crippen molar-refractivity contribution in [1.29, 1.82) is 0 Å². The fraction of sp³-hybridized carbons (Fsp3) is 0.571. The first-order chi connectivity index (χ1) is 7.56. The Hall–Kier alpha value is -1.02. The van der Waals surface area contributed by atoms with Crippen LogP contribution in [0.15, 0.2) is 24.3 Å². The van der Waals surface area contributed by atoms with E-state index in [0.29, 0.717) is 6.04 Å². The predicted molar refractivity (Wildman–Crippen MR) is 71.8 cm³/mol. The topological polar surface area (TPSA) is 29.3 Å². The molecule has 1 aromatic rings. The molecule has 16 heavy (non-hydrogen) atoms. The molecule has 2 nitrogen and oxygen atoms in total. The fourth-order valence-corrected chi connectivity index (χ4v) is 1.90. The largest absolute Gasteiger partial charge is 0.369 e. The number of nitrogens with two attached hydrogens (primary N) is 1. The van der Waals surface area contributed by atoms with Crippen LogP contribution in [0.3, 0.4) is 0 Å². The monoisotopic (exact) mass is 220 g/mol. The summed E-state index contributed by atoms with van der Waals surface area (Å²) in [5.74, 6) is 0. The molecule has 0 aliphatic carbocycles. The van der Waals surface area contributed by atoms with E-state index in [1.54, 1.807) is 0 Å². The van der Waals surface area contributed by atoms with Crippen molar-refractivity contribution in [1.82, 2.24) is 0 Å². The van der Waals surface area contributed by atoms with Crippen molar-refractivity contribution in [2.75, 3.05) is 11.4 Å². The number of nitrogens with zero attached hydrogens (tertiary/aromatic N) is 1. The maximum absolute atomic E-state index is 5.84. The van der Waals surface area contributed by atoms with Crippen molar-refractivity contribution >= 4 is 5.69 Å². The van der Waals surface area contributed by atoms with Crippen molar-refractivity contribution in [3.05, 3.63) is 29.8 Å². The maximum Gasteiger partial charge on any atom is 0.0368 e. The molecule has 1 rings (SSSR count). The van der Waals surface area contributed by atoms with Crippen LogP contribution >= 0.6 is 0 Å². The van der Waals surface area contributed by atoms with E-state index in [9.17, 15) is 0 Å². The second-order valence-electron chi connectivity index (χ2n) is 4.67. The number of hydrogen-bond donors (Lipinski definition) is 1. The van der Waals surface area contributed by atoms with E-state index in [-0.39, 0.29) is 6.04 Å². The van der Waals surface area contributed by atoms with Gasteiger partial charge in [0.25, 0.3) is 0 Å². The molecule has 0 radical (unpaired) electrons. The lowest BCUT2D eigenvalue weighted by Gasteiger charge is -2.29. The Kier molecular flexibility index (Phi) is 4.81. The third-order valence-electron chi connectivity index (χ3n) is 2.84. The Morgan fingerprint density at radius 3 is 2.06 bits per heavy atom. The molecule has 0 fully saturated rings. The van der Waals surface area contributed by atoms with E-state index in [2.05, 4.69) is 49.9 Å². The summed E-state index contributed by atoms with van der Waals surface area (Å²) >= 11 is 0. The molecule has 1 aromatic carbocycles. The average molecular weight is 220 g/mol. The minimum atomic E-state index is 0.118. The van der Waals surface area contributed by atoms with Crippen LogP contribution in [0.4, 0.5) is 5.69 Å². The molecule has 0 amide bonds. The lowest BCUT2D eigenvalue weighted by atomic mass is 10.1. The van der Waals surface area contributed by atoms with Gasteiger partial charge in [-0.15, -0.1) is 0 Å². The Morgan fingerprint density at radius 2 is 1.69 bits per heavy atom. The minimum absolute atomic E-state index is 0.118. The summed E-state index contributed by atoms with van der Waals surface area (Å²) in [7, 11) is 0. The van der Waals surface area contributed by atoms with Gasteiger partial charge >= 0.3 is 0 Å². The molecular weight excluding hydrogens is 196 g/mol. The summed E-state index contributed by atoms with van der Waals surface area (Å²) in [5, 5.41) is 0. The molecule has 0 saturated carbocycles. The van der Waals surface area contributed by atoms with Gasteiger partial charge in [-0.3, -0.25) is 0 Å². The summed E-state index contributed by atoms with van der Waals surface area (Å²) in [6.07, 6.45) is 1.17. The van der Waals surface area contributed by atoms with Gasteiger partial charge in [-0.05, 0) is 44.9 Å². The van der Waals surface area contributed by atoms with Gasteiger partial charge in [0.15, 0.2) is 0 Å². The number of anilines is 1. The fourth-order valence-electron chi connectivity index (χ4n) is 1.90. The van der Waals surface area contributed by atoms with Crippen LogP contribution in [0.2, 0.25) is 0 Å². The van der Waals surface area contributed by atoms with Gasteiger partial charge in [0.2, 0.25) is 0 Å². The van der Waals surface area contributed by atoms with Crippen LogP contribution in [0.1, 0.15) is 45.7 Å². The highest BCUT2D eigenvalue weighted by atomic mass is 15.1. The van der Waals surface area contributed by atoms with Crippen molar-refractivity contribution < 1.29 is 0 Å². The number of rotatable bonds is 5. The molecule has 2 N–H and O–H groups in total. The van der Waals surface area contributed by atoms with E-state index >= 15 is 0 Å². The van der Waals surface area contributed by atoms with E-state index in [1.807, 2.05) is 6.92 Å². The van der Waals surface area contributed by atoms with Crippen molar-refractivity contribution in [2.24, 2.45) is 5.73 Å². The van der Waals surface area contributed by atoms with Gasteiger partial charge < -0.3 is 10.6 Å². The molecule has 0 bridgehead atoms. The van der Waals surface area contributed by atoms with Gasteiger partial charge in [-0.2, -0.15) is 0 Å². The van der Waals surface area contributed by atoms with E-state index in [1.165, 1.54) is 17.7 Å². The molecule has 0 heterocycles. The second-order valence-corrected chi connectivity index (χ2v) is 4.67. The van der Waals surface area contributed by atoms with Crippen molar-refractivity contribution in [3.8, 4) is 0 Å². The zero-order valence-corrected chi connectivity index (χ0v) is 10.9. The highest BCUT2D eigenvalue weighted by Gasteiger charge is 2.09. The molecule has 0 unspecified atom stereocenters. The quantitative estimate of drug-likeness (QED) is 0.824. The lowest BCUT2D eigenvalue weighted by Crippen LogP contribution is -2.31. The molecule has 1 atom stereocenters. The van der Waals surface area contributed by atoms with E-state index < -0.39 is 0 Å². The predicted octanol–water partition coefficient (Wildman–Crippen LogP) is 3.33. The normalized spacial score (nSPS) is 12.9. The zero-order chi connectivity index (χ0) is 12.1. The first kappa shape index (κ1) is 13.0. The van der Waals surface area contributed by atoms with Crippen LogP contribution < -0.4 is 10.6 Å². The summed E-state index contributed by atoms with van der Waals surface area (Å²) < 4.78 is 0. The van der Waals surface area contributed by atoms with Crippen LogP contribution in [0.5, 0.6) is 0 Å². The summed E-state index contributed by atoms with van der Waals surface area (Å²) in [5.41, 5.74) is 8.34. The third-order valence-corrected chi connectivity index (χ3v) is 2.84. The van der Waals surface area contributed by atoms with Crippen molar-refractivity contribution in [3.63, 3.8) is 0 Å². The first-order valence-corrected chi connectivity index (χ1v) is 6.18. The Labute approximate surface area is 99.5 Å². The molecular formula is C14H24N2. The van der Waals surface area contributed by atoms with Crippen LogP contribution in [0.25, 0.3) is 0 Å². The molecule has 0 saturated heterocycles. The molecule has 0 spiro atoms. The summed E-state index contributed by atoms with van der Waals surface area (Å²) in [6, 6.07) is 9.27. The molecule has 0 aliphatic heterocycles. The summed E-state index contributed by atoms with van der Waals surface area (Å²) in [4.78, 5) is 2.42. The first-order valence-electron chi connectivity index (χ1n) is 6.18. The van der Waals surface area contributed by atoms with E-state index in [4.69, 9.17) is 5.73 Å². The van der Waals surface area contributed by atoms with Gasteiger partial charge in [0.05, 0.1) is 0 Å². The lowest BCUT2D eigenvalue weighted by molar-refractivity contribution is 0.671. The maximum atomic E-state index is 5.84. The summed E-state index contributed by atoms with van der Waals surface area (Å²) in [6.45, 7) is 9.80. The van der Waals surface area contributed by atoms with Gasteiger partial charge in [0, 0.05) is 24.3 Å².